The highest BCUT2D eigenvalue weighted by Crippen LogP contribution is 2.14. The van der Waals surface area contributed by atoms with Gasteiger partial charge in [-0.25, -0.2) is 0 Å². The minimum atomic E-state index is -0.543. The number of anilines is 1. The van der Waals surface area contributed by atoms with Gasteiger partial charge in [0.15, 0.2) is 5.78 Å². The third-order valence-corrected chi connectivity index (χ3v) is 3.06. The molecule has 0 aliphatic carbocycles. The van der Waals surface area contributed by atoms with Gasteiger partial charge < -0.3 is 5.32 Å². The summed E-state index contributed by atoms with van der Waals surface area (Å²) in [5, 5.41) is 13.2. The van der Waals surface area contributed by atoms with Crippen LogP contribution in [-0.4, -0.2) is 16.6 Å². The fourth-order valence-electron chi connectivity index (χ4n) is 1.86. The van der Waals surface area contributed by atoms with Crippen LogP contribution in [0.1, 0.15) is 22.3 Å². The Bertz CT molecular complexity index is 706. The van der Waals surface area contributed by atoms with Crippen LogP contribution in [0, 0.1) is 17.0 Å². The van der Waals surface area contributed by atoms with E-state index in [1.54, 1.807) is 12.1 Å². The van der Waals surface area contributed by atoms with Gasteiger partial charge in [-0.2, -0.15) is 0 Å². The summed E-state index contributed by atoms with van der Waals surface area (Å²) in [4.78, 5) is 33.8. The number of carbonyl (C=O) groups is 2. The molecular weight excluding hydrogens is 284 g/mol. The van der Waals surface area contributed by atoms with Gasteiger partial charge in [0.05, 0.1) is 11.3 Å². The van der Waals surface area contributed by atoms with Crippen LogP contribution in [0.15, 0.2) is 48.5 Å². The Kier molecular flexibility index (Phi) is 4.63. The number of hydrogen-bond acceptors (Lipinski definition) is 4. The third-order valence-electron chi connectivity index (χ3n) is 3.06. The van der Waals surface area contributed by atoms with E-state index in [0.29, 0.717) is 5.69 Å². The van der Waals surface area contributed by atoms with Gasteiger partial charge in [0.1, 0.15) is 0 Å². The molecule has 0 fully saturated rings. The number of ketones is 1. The molecule has 2 aromatic carbocycles. The normalized spacial score (nSPS) is 10.0. The van der Waals surface area contributed by atoms with E-state index in [2.05, 4.69) is 5.32 Å². The molecule has 6 heteroatoms. The average Bonchev–Trinajstić information content (AvgIpc) is 2.49. The van der Waals surface area contributed by atoms with Gasteiger partial charge in [0.25, 0.3) is 5.69 Å². The third kappa shape index (κ3) is 3.99. The van der Waals surface area contributed by atoms with E-state index < -0.39 is 10.8 Å². The molecule has 6 nitrogen and oxygen atoms in total. The second-order valence-corrected chi connectivity index (χ2v) is 4.82. The first kappa shape index (κ1) is 15.4. The molecule has 0 radical (unpaired) electrons. The summed E-state index contributed by atoms with van der Waals surface area (Å²) < 4.78 is 0. The predicted octanol–water partition coefficient (Wildman–Crippen LogP) is 3.11. The first-order chi connectivity index (χ1) is 10.5. The lowest BCUT2D eigenvalue weighted by atomic mass is 10.1. The van der Waals surface area contributed by atoms with Gasteiger partial charge in [-0.15, -0.1) is 0 Å². The number of nitro groups is 1. The number of nitro benzene ring substituents is 1. The zero-order valence-electron chi connectivity index (χ0n) is 11.9. The Morgan fingerprint density at radius 3 is 2.18 bits per heavy atom. The molecule has 0 saturated heterocycles. The van der Waals surface area contributed by atoms with E-state index in [1.165, 1.54) is 24.3 Å². The number of amides is 1. The van der Waals surface area contributed by atoms with Gasteiger partial charge in [0, 0.05) is 23.4 Å². The number of hydrogen-bond donors (Lipinski definition) is 1. The summed E-state index contributed by atoms with van der Waals surface area (Å²) in [6, 6.07) is 12.4. The molecule has 1 amide bonds. The molecule has 0 spiro atoms. The smallest absolute Gasteiger partial charge is 0.269 e. The van der Waals surface area contributed by atoms with E-state index in [9.17, 15) is 19.7 Å². The number of nitrogens with zero attached hydrogens (tertiary/aromatic N) is 1. The lowest BCUT2D eigenvalue weighted by molar-refractivity contribution is -0.384. The monoisotopic (exact) mass is 298 g/mol. The Balaban J connectivity index is 1.97. The Labute approximate surface area is 126 Å². The van der Waals surface area contributed by atoms with Crippen LogP contribution in [-0.2, 0) is 4.79 Å². The molecule has 0 unspecified atom stereocenters. The molecule has 0 atom stereocenters. The van der Waals surface area contributed by atoms with E-state index in [1.807, 2.05) is 19.1 Å². The highest BCUT2D eigenvalue weighted by Gasteiger charge is 2.13. The number of aryl methyl sites for hydroxylation is 1. The van der Waals surface area contributed by atoms with Crippen molar-refractivity contribution in [2.45, 2.75) is 13.3 Å². The lowest BCUT2D eigenvalue weighted by Crippen LogP contribution is -2.16. The number of Topliss-reactive ketones (excluding diaryl/α,β-unsaturated/α-hetero) is 1. The SMILES string of the molecule is Cc1ccc(NC(=O)CC(=O)c2ccc([N+](=O)[O-])cc2)cc1. The zero-order chi connectivity index (χ0) is 16.1. The van der Waals surface area contributed by atoms with E-state index in [-0.39, 0.29) is 23.5 Å². The van der Waals surface area contributed by atoms with Crippen LogP contribution >= 0.6 is 0 Å². The number of nitrogens with one attached hydrogen (secondary N) is 1. The molecule has 2 aromatic rings. The predicted molar refractivity (Wildman–Crippen MR) is 81.9 cm³/mol. The molecule has 0 bridgehead atoms. The minimum absolute atomic E-state index is 0.0966. The first-order valence-corrected chi connectivity index (χ1v) is 6.60. The van der Waals surface area contributed by atoms with E-state index in [4.69, 9.17) is 0 Å². The van der Waals surface area contributed by atoms with E-state index >= 15 is 0 Å². The summed E-state index contributed by atoms with van der Waals surface area (Å²) in [6.07, 6.45) is -0.314. The molecule has 112 valence electrons. The van der Waals surface area contributed by atoms with Crippen LogP contribution in [0.5, 0.6) is 0 Å². The topological polar surface area (TPSA) is 89.3 Å². The summed E-state index contributed by atoms with van der Waals surface area (Å²) >= 11 is 0. The Hall–Kier alpha value is -3.02. The lowest BCUT2D eigenvalue weighted by Gasteiger charge is -2.05. The number of non-ortho nitro benzene ring substituents is 1. The molecule has 22 heavy (non-hydrogen) atoms. The summed E-state index contributed by atoms with van der Waals surface area (Å²) in [5.74, 6) is -0.813. The van der Waals surface area contributed by atoms with Crippen molar-refractivity contribution in [2.24, 2.45) is 0 Å². The first-order valence-electron chi connectivity index (χ1n) is 6.60. The van der Waals surface area contributed by atoms with Gasteiger partial charge in [-0.3, -0.25) is 19.7 Å². The molecule has 0 aromatic heterocycles. The second kappa shape index (κ2) is 6.62. The molecule has 0 saturated carbocycles. The fraction of sp³-hybridized carbons (Fsp3) is 0.125. The van der Waals surface area contributed by atoms with Gasteiger partial charge in [0.2, 0.25) is 5.91 Å². The van der Waals surface area contributed by atoms with Crippen molar-refractivity contribution in [3.8, 4) is 0 Å². The largest absolute Gasteiger partial charge is 0.326 e. The molecule has 1 N–H and O–H groups in total. The summed E-state index contributed by atoms with van der Waals surface area (Å²) in [6.45, 7) is 1.93. The Morgan fingerprint density at radius 2 is 1.64 bits per heavy atom. The number of carbonyl (C=O) groups excluding carboxylic acids is 2. The molecule has 0 aliphatic heterocycles. The van der Waals surface area contributed by atoms with Crippen molar-refractivity contribution in [3.05, 3.63) is 69.8 Å². The van der Waals surface area contributed by atoms with Crippen LogP contribution in [0.3, 0.4) is 0 Å². The standard InChI is InChI=1S/C16H14N2O4/c1-11-2-6-13(7-3-11)17-16(20)10-15(19)12-4-8-14(9-5-12)18(21)22/h2-9H,10H2,1H3,(H,17,20). The summed E-state index contributed by atoms with van der Waals surface area (Å²) in [7, 11) is 0. The van der Waals surface area contributed by atoms with Crippen LogP contribution in [0.25, 0.3) is 0 Å². The molecular formula is C16H14N2O4. The van der Waals surface area contributed by atoms with Crippen molar-refractivity contribution in [2.75, 3.05) is 5.32 Å². The summed E-state index contributed by atoms with van der Waals surface area (Å²) in [5.41, 5.74) is 1.86. The quantitative estimate of drug-likeness (QED) is 0.397. The molecule has 0 aliphatic rings. The highest BCUT2D eigenvalue weighted by atomic mass is 16.6. The maximum Gasteiger partial charge on any atom is 0.269 e. The fourth-order valence-corrected chi connectivity index (χ4v) is 1.86. The van der Waals surface area contributed by atoms with Crippen molar-refractivity contribution < 1.29 is 14.5 Å². The number of rotatable bonds is 5. The molecule has 0 heterocycles. The number of benzene rings is 2. The maximum absolute atomic E-state index is 11.9. The van der Waals surface area contributed by atoms with Gasteiger partial charge in [-0.1, -0.05) is 17.7 Å². The highest BCUT2D eigenvalue weighted by molar-refractivity contribution is 6.11. The minimum Gasteiger partial charge on any atom is -0.326 e. The van der Waals surface area contributed by atoms with Crippen molar-refractivity contribution in [3.63, 3.8) is 0 Å². The van der Waals surface area contributed by atoms with Crippen LogP contribution < -0.4 is 5.32 Å². The maximum atomic E-state index is 11.9. The van der Waals surface area contributed by atoms with Crippen LogP contribution in [0.2, 0.25) is 0 Å². The van der Waals surface area contributed by atoms with Crippen molar-refractivity contribution in [1.29, 1.82) is 0 Å². The van der Waals surface area contributed by atoms with E-state index in [0.717, 1.165) is 5.56 Å². The van der Waals surface area contributed by atoms with Crippen LogP contribution in [0.4, 0.5) is 11.4 Å². The van der Waals surface area contributed by atoms with Crippen molar-refractivity contribution >= 4 is 23.1 Å². The Morgan fingerprint density at radius 1 is 1.05 bits per heavy atom. The molecule has 2 rings (SSSR count). The second-order valence-electron chi connectivity index (χ2n) is 4.82. The average molecular weight is 298 g/mol. The van der Waals surface area contributed by atoms with Crippen molar-refractivity contribution in [1.82, 2.24) is 0 Å². The zero-order valence-corrected chi connectivity index (χ0v) is 11.9. The van der Waals surface area contributed by atoms with Gasteiger partial charge >= 0.3 is 0 Å². The van der Waals surface area contributed by atoms with Gasteiger partial charge in [-0.05, 0) is 31.2 Å².